The van der Waals surface area contributed by atoms with Crippen molar-refractivity contribution in [2.45, 2.75) is 25.3 Å². The number of ether oxygens (including phenoxy) is 3. The smallest absolute Gasteiger partial charge is 0.437 e. The van der Waals surface area contributed by atoms with Crippen LogP contribution in [0.15, 0.2) is 47.6 Å². The van der Waals surface area contributed by atoms with Gasteiger partial charge in [0.15, 0.2) is 11.8 Å². The number of hydrogen-bond acceptors (Lipinski definition) is 10. The van der Waals surface area contributed by atoms with Crippen LogP contribution in [0.2, 0.25) is 0 Å². The molecule has 13 nitrogen and oxygen atoms in total. The molecule has 2 atom stereocenters. The van der Waals surface area contributed by atoms with E-state index in [0.29, 0.717) is 30.0 Å². The molecule has 6 rings (SSSR count). The van der Waals surface area contributed by atoms with E-state index in [2.05, 4.69) is 19.6 Å². The van der Waals surface area contributed by atoms with Crippen molar-refractivity contribution in [3.05, 3.63) is 59.9 Å². The number of amides is 2. The number of halogens is 3. The molecule has 0 radical (unpaired) electrons. The lowest BCUT2D eigenvalue weighted by atomic mass is 10.1. The molecule has 0 aliphatic carbocycles. The number of alkyl halides is 3. The van der Waals surface area contributed by atoms with Crippen LogP contribution in [0.25, 0.3) is 16.9 Å². The van der Waals surface area contributed by atoms with Crippen LogP contribution in [0.5, 0.6) is 11.6 Å². The van der Waals surface area contributed by atoms with Gasteiger partial charge in [0.05, 0.1) is 30.7 Å². The lowest BCUT2D eigenvalue weighted by Crippen LogP contribution is -2.51. The summed E-state index contributed by atoms with van der Waals surface area (Å²) in [6, 6.07) is 4.84. The van der Waals surface area contributed by atoms with E-state index in [0.717, 1.165) is 6.26 Å². The van der Waals surface area contributed by atoms with Crippen LogP contribution in [0.4, 0.5) is 18.0 Å². The third kappa shape index (κ3) is 5.58. The molecule has 16 heteroatoms. The number of carbonyl (C=O) groups excluding carboxylic acids is 2. The number of hydrogen-bond donors (Lipinski definition) is 1. The van der Waals surface area contributed by atoms with Crippen molar-refractivity contribution in [2.75, 3.05) is 39.4 Å². The van der Waals surface area contributed by atoms with Crippen molar-refractivity contribution < 1.29 is 46.6 Å². The summed E-state index contributed by atoms with van der Waals surface area (Å²) in [5.74, 6) is 0.159. The van der Waals surface area contributed by atoms with E-state index in [-0.39, 0.29) is 55.0 Å². The third-order valence-electron chi connectivity index (χ3n) is 7.23. The van der Waals surface area contributed by atoms with Crippen molar-refractivity contribution in [2.24, 2.45) is 0 Å². The SMILES string of the molecule is Cc1cc(Oc2nccn3c(-c4conc4C(F)(F)F)cnc23)ccc1C(=O)N1CCN(C(=O)O[C@H]2COC[C@@H]2O)CC1. The first kappa shape index (κ1) is 28.4. The van der Waals surface area contributed by atoms with E-state index in [4.69, 9.17) is 14.2 Å². The van der Waals surface area contributed by atoms with E-state index < -0.39 is 30.2 Å². The zero-order chi connectivity index (χ0) is 30.3. The van der Waals surface area contributed by atoms with Gasteiger partial charge in [-0.15, -0.1) is 0 Å². The molecule has 1 aromatic carbocycles. The maximum Gasteiger partial charge on any atom is 0.437 e. The highest BCUT2D eigenvalue weighted by atomic mass is 19.4. The lowest BCUT2D eigenvalue weighted by molar-refractivity contribution is -0.142. The van der Waals surface area contributed by atoms with Gasteiger partial charge in [0.2, 0.25) is 5.65 Å². The monoisotopic (exact) mass is 602 g/mol. The summed E-state index contributed by atoms with van der Waals surface area (Å²) in [6.45, 7) is 3.15. The number of imidazole rings is 1. The summed E-state index contributed by atoms with van der Waals surface area (Å²) in [5, 5.41) is 12.9. The fourth-order valence-electron chi connectivity index (χ4n) is 4.94. The van der Waals surface area contributed by atoms with Gasteiger partial charge in [-0.05, 0) is 30.7 Å². The summed E-state index contributed by atoms with van der Waals surface area (Å²) in [5.41, 5.74) is -0.145. The Morgan fingerprint density at radius 3 is 2.56 bits per heavy atom. The molecular formula is C27H25F3N6O7. The Hall–Kier alpha value is -4.70. The summed E-state index contributed by atoms with van der Waals surface area (Å²) >= 11 is 0. The second-order valence-corrected chi connectivity index (χ2v) is 10.0. The van der Waals surface area contributed by atoms with Crippen LogP contribution in [0.1, 0.15) is 21.6 Å². The summed E-state index contributed by atoms with van der Waals surface area (Å²) in [7, 11) is 0. The molecule has 3 aromatic heterocycles. The van der Waals surface area contributed by atoms with E-state index in [1.165, 1.54) is 27.9 Å². The van der Waals surface area contributed by atoms with Gasteiger partial charge in [-0.3, -0.25) is 9.20 Å². The molecule has 2 saturated heterocycles. The lowest BCUT2D eigenvalue weighted by Gasteiger charge is -2.35. The third-order valence-corrected chi connectivity index (χ3v) is 7.23. The quantitative estimate of drug-likeness (QED) is 0.362. The molecule has 2 aliphatic rings. The number of rotatable bonds is 5. The summed E-state index contributed by atoms with van der Waals surface area (Å²) < 4.78 is 62.4. The standard InChI is InChI=1S/C27H25F3N6O7/c1-15-10-16(42-24-23-32-11-19(36(23)5-4-31-24)18-12-41-33-22(18)27(28,29)30)2-3-17(15)25(38)34-6-8-35(9-7-34)26(39)43-21-14-40-13-20(21)37/h2-5,10-12,20-21,37H,6-9,13-14H2,1H3/t20-,21-/m0/s1. The van der Waals surface area contributed by atoms with Crippen LogP contribution in [0.3, 0.4) is 0 Å². The van der Waals surface area contributed by atoms with Crippen molar-refractivity contribution in [3.8, 4) is 22.9 Å². The Morgan fingerprint density at radius 1 is 1.09 bits per heavy atom. The predicted molar refractivity (Wildman–Crippen MR) is 139 cm³/mol. The Balaban J connectivity index is 1.12. The fraction of sp³-hybridized carbons (Fsp3) is 0.370. The number of carbonyl (C=O) groups is 2. The molecule has 0 saturated carbocycles. The highest BCUT2D eigenvalue weighted by molar-refractivity contribution is 5.96. The molecular weight excluding hydrogens is 577 g/mol. The zero-order valence-corrected chi connectivity index (χ0v) is 22.7. The maximum atomic E-state index is 13.4. The van der Waals surface area contributed by atoms with Crippen molar-refractivity contribution in [1.82, 2.24) is 29.3 Å². The van der Waals surface area contributed by atoms with Crippen LogP contribution in [-0.4, -0.2) is 98.0 Å². The van der Waals surface area contributed by atoms with Crippen LogP contribution < -0.4 is 4.74 Å². The highest BCUT2D eigenvalue weighted by Gasteiger charge is 2.39. The number of fused-ring (bicyclic) bond motifs is 1. The largest absolute Gasteiger partial charge is 0.441 e. The topological polar surface area (TPSA) is 145 Å². The predicted octanol–water partition coefficient (Wildman–Crippen LogP) is 3.16. The number of nitrogens with zero attached hydrogens (tertiary/aromatic N) is 6. The van der Waals surface area contributed by atoms with Crippen molar-refractivity contribution in [3.63, 3.8) is 0 Å². The first-order chi connectivity index (χ1) is 20.6. The average Bonchev–Trinajstić information content (AvgIpc) is 3.73. The highest BCUT2D eigenvalue weighted by Crippen LogP contribution is 2.37. The van der Waals surface area contributed by atoms with Crippen LogP contribution in [0, 0.1) is 6.92 Å². The van der Waals surface area contributed by atoms with Gasteiger partial charge in [-0.2, -0.15) is 13.2 Å². The van der Waals surface area contributed by atoms with E-state index >= 15 is 0 Å². The minimum atomic E-state index is -4.72. The van der Waals surface area contributed by atoms with Gasteiger partial charge in [0.25, 0.3) is 11.8 Å². The first-order valence-electron chi connectivity index (χ1n) is 13.2. The Kier molecular flexibility index (Phi) is 7.39. The molecule has 4 aromatic rings. The number of benzene rings is 1. The minimum absolute atomic E-state index is 0.0388. The van der Waals surface area contributed by atoms with Crippen LogP contribution in [-0.2, 0) is 15.7 Å². The number of piperazine rings is 1. The Bertz CT molecular complexity index is 1660. The molecule has 5 heterocycles. The molecule has 0 unspecified atom stereocenters. The average molecular weight is 603 g/mol. The molecule has 2 aliphatic heterocycles. The number of aliphatic hydroxyl groups excluding tert-OH is 1. The van der Waals surface area contributed by atoms with Crippen LogP contribution >= 0.6 is 0 Å². The molecule has 226 valence electrons. The maximum absolute atomic E-state index is 13.4. The number of aliphatic hydroxyl groups is 1. The molecule has 2 fully saturated rings. The van der Waals surface area contributed by atoms with Gasteiger partial charge in [0.1, 0.15) is 18.1 Å². The van der Waals surface area contributed by atoms with E-state index in [9.17, 15) is 27.9 Å². The van der Waals surface area contributed by atoms with Gasteiger partial charge in [-0.1, -0.05) is 5.16 Å². The minimum Gasteiger partial charge on any atom is -0.441 e. The molecule has 0 spiro atoms. The molecule has 1 N–H and O–H groups in total. The number of aromatic nitrogens is 4. The Labute approximate surface area is 241 Å². The second-order valence-electron chi connectivity index (χ2n) is 10.0. The zero-order valence-electron chi connectivity index (χ0n) is 22.7. The van der Waals surface area contributed by atoms with Gasteiger partial charge in [-0.25, -0.2) is 14.8 Å². The summed E-state index contributed by atoms with van der Waals surface area (Å²) in [4.78, 5) is 37.2. The molecule has 43 heavy (non-hydrogen) atoms. The normalized spacial score (nSPS) is 19.2. The van der Waals surface area contributed by atoms with Gasteiger partial charge >= 0.3 is 12.3 Å². The van der Waals surface area contributed by atoms with E-state index in [1.807, 2.05) is 0 Å². The second kappa shape index (κ2) is 11.2. The van der Waals surface area contributed by atoms with Gasteiger partial charge < -0.3 is 33.6 Å². The van der Waals surface area contributed by atoms with Crippen molar-refractivity contribution in [1.29, 1.82) is 0 Å². The van der Waals surface area contributed by atoms with Crippen molar-refractivity contribution >= 4 is 17.6 Å². The molecule has 0 bridgehead atoms. The first-order valence-corrected chi connectivity index (χ1v) is 13.2. The number of aryl methyl sites for hydroxylation is 1. The summed E-state index contributed by atoms with van der Waals surface area (Å²) in [6.07, 6.45) is -1.90. The van der Waals surface area contributed by atoms with Gasteiger partial charge in [0, 0.05) is 44.1 Å². The molecule has 2 amide bonds. The Morgan fingerprint density at radius 2 is 1.86 bits per heavy atom. The fourth-order valence-corrected chi connectivity index (χ4v) is 4.94. The van der Waals surface area contributed by atoms with E-state index in [1.54, 1.807) is 30.0 Å².